The van der Waals surface area contributed by atoms with Gasteiger partial charge in [0.2, 0.25) is 0 Å². The van der Waals surface area contributed by atoms with Gasteiger partial charge in [-0.05, 0) is 32.1 Å². The number of hydrogen-bond donors (Lipinski definition) is 1. The van der Waals surface area contributed by atoms with Crippen molar-refractivity contribution in [3.8, 4) is 0 Å². The van der Waals surface area contributed by atoms with Crippen molar-refractivity contribution in [1.29, 1.82) is 0 Å². The number of rotatable bonds is 9. The molecule has 0 radical (unpaired) electrons. The lowest BCUT2D eigenvalue weighted by Gasteiger charge is -2.21. The van der Waals surface area contributed by atoms with E-state index in [0.717, 1.165) is 29.5 Å². The van der Waals surface area contributed by atoms with E-state index in [0.29, 0.717) is 6.54 Å². The summed E-state index contributed by atoms with van der Waals surface area (Å²) in [6, 6.07) is 6.60. The van der Waals surface area contributed by atoms with Crippen LogP contribution >= 0.6 is 0 Å². The van der Waals surface area contributed by atoms with Crippen molar-refractivity contribution in [2.24, 2.45) is 7.05 Å². The minimum Gasteiger partial charge on any atom is -0.351 e. The number of aryl methyl sites for hydroxylation is 2. The Hall–Kier alpha value is -2.39. The van der Waals surface area contributed by atoms with Crippen molar-refractivity contribution >= 4 is 21.7 Å². The largest absolute Gasteiger partial charge is 0.351 e. The second kappa shape index (κ2) is 9.20. The van der Waals surface area contributed by atoms with Gasteiger partial charge in [0.15, 0.2) is 5.82 Å². The summed E-state index contributed by atoms with van der Waals surface area (Å²) in [7, 11) is -0.771. The van der Waals surface area contributed by atoms with E-state index in [1.807, 2.05) is 6.92 Å². The third kappa shape index (κ3) is 4.71. The Labute approximate surface area is 167 Å². The maximum atomic E-state index is 13.0. The highest BCUT2D eigenvalue weighted by Gasteiger charge is 2.28. The molecule has 0 aliphatic carbocycles. The van der Waals surface area contributed by atoms with Crippen LogP contribution in [0.25, 0.3) is 0 Å². The molecule has 0 spiro atoms. The SMILES string of the molecule is CCN(CC)CCNC(=O)c1cnn(C)c1N(C)S(=O)(=O)c1ccc(C)cc1. The van der Waals surface area contributed by atoms with Crippen LogP contribution < -0.4 is 9.62 Å². The van der Waals surface area contributed by atoms with Gasteiger partial charge in [-0.25, -0.2) is 8.42 Å². The number of aromatic nitrogens is 2. The van der Waals surface area contributed by atoms with E-state index in [9.17, 15) is 13.2 Å². The zero-order valence-corrected chi connectivity index (χ0v) is 18.0. The number of hydrogen-bond acceptors (Lipinski definition) is 5. The van der Waals surface area contributed by atoms with Crippen molar-refractivity contribution in [2.75, 3.05) is 37.5 Å². The van der Waals surface area contributed by atoms with Gasteiger partial charge in [-0.1, -0.05) is 31.5 Å². The second-order valence-corrected chi connectivity index (χ2v) is 8.54. The molecule has 2 aromatic rings. The Morgan fingerprint density at radius 1 is 1.18 bits per heavy atom. The third-order valence-corrected chi connectivity index (χ3v) is 6.50. The van der Waals surface area contributed by atoms with Crippen LogP contribution in [0, 0.1) is 6.92 Å². The monoisotopic (exact) mass is 407 g/mol. The lowest BCUT2D eigenvalue weighted by molar-refractivity contribution is 0.0949. The minimum absolute atomic E-state index is 0.162. The number of anilines is 1. The van der Waals surface area contributed by atoms with Gasteiger partial charge >= 0.3 is 0 Å². The predicted octanol–water partition coefficient (Wildman–Crippen LogP) is 1.63. The van der Waals surface area contributed by atoms with Gasteiger partial charge in [0, 0.05) is 27.2 Å². The summed E-state index contributed by atoms with van der Waals surface area (Å²) in [6.07, 6.45) is 1.39. The van der Waals surface area contributed by atoms with E-state index < -0.39 is 10.0 Å². The quantitative estimate of drug-likeness (QED) is 0.683. The van der Waals surface area contributed by atoms with Crippen LogP contribution in [0.4, 0.5) is 5.82 Å². The number of carbonyl (C=O) groups is 1. The lowest BCUT2D eigenvalue weighted by Crippen LogP contribution is -2.36. The van der Waals surface area contributed by atoms with Crippen molar-refractivity contribution in [1.82, 2.24) is 20.0 Å². The van der Waals surface area contributed by atoms with E-state index in [-0.39, 0.29) is 22.2 Å². The number of nitrogens with one attached hydrogen (secondary N) is 1. The molecular weight excluding hydrogens is 378 g/mol. The summed E-state index contributed by atoms with van der Waals surface area (Å²) in [4.78, 5) is 15.0. The molecule has 0 fully saturated rings. The first-order valence-electron chi connectivity index (χ1n) is 9.30. The highest BCUT2D eigenvalue weighted by molar-refractivity contribution is 7.92. The minimum atomic E-state index is -3.81. The van der Waals surface area contributed by atoms with Gasteiger partial charge in [0.25, 0.3) is 15.9 Å². The second-order valence-electron chi connectivity index (χ2n) is 6.57. The molecule has 2 rings (SSSR count). The van der Waals surface area contributed by atoms with Crippen LogP contribution in [0.3, 0.4) is 0 Å². The maximum Gasteiger partial charge on any atom is 0.265 e. The Kier molecular flexibility index (Phi) is 7.20. The van der Waals surface area contributed by atoms with E-state index in [1.165, 1.54) is 17.9 Å². The molecule has 1 aromatic carbocycles. The van der Waals surface area contributed by atoms with Gasteiger partial charge in [-0.15, -0.1) is 0 Å². The Balaban J connectivity index is 2.23. The van der Waals surface area contributed by atoms with E-state index >= 15 is 0 Å². The average Bonchev–Trinajstić information content (AvgIpc) is 3.06. The first-order chi connectivity index (χ1) is 13.2. The highest BCUT2D eigenvalue weighted by atomic mass is 32.2. The number of nitrogens with zero attached hydrogens (tertiary/aromatic N) is 4. The number of amides is 1. The zero-order valence-electron chi connectivity index (χ0n) is 17.1. The number of carbonyl (C=O) groups excluding carboxylic acids is 1. The first-order valence-corrected chi connectivity index (χ1v) is 10.7. The lowest BCUT2D eigenvalue weighted by atomic mass is 10.2. The number of likely N-dealkylation sites (N-methyl/N-ethyl adjacent to an activating group) is 1. The van der Waals surface area contributed by atoms with Crippen LogP contribution in [0.15, 0.2) is 35.4 Å². The molecule has 1 N–H and O–H groups in total. The maximum absolute atomic E-state index is 13.0. The number of benzene rings is 1. The molecule has 1 heterocycles. The normalized spacial score (nSPS) is 11.6. The summed E-state index contributed by atoms with van der Waals surface area (Å²) in [5.41, 5.74) is 1.19. The van der Waals surface area contributed by atoms with E-state index in [2.05, 4.69) is 29.2 Å². The molecule has 0 aliphatic rings. The van der Waals surface area contributed by atoms with Crippen molar-refractivity contribution in [3.05, 3.63) is 41.6 Å². The van der Waals surface area contributed by atoms with E-state index in [4.69, 9.17) is 0 Å². The van der Waals surface area contributed by atoms with Crippen LogP contribution in [0.5, 0.6) is 0 Å². The van der Waals surface area contributed by atoms with Gasteiger partial charge in [-0.2, -0.15) is 5.10 Å². The molecule has 28 heavy (non-hydrogen) atoms. The molecule has 0 bridgehead atoms. The topological polar surface area (TPSA) is 87.5 Å². The van der Waals surface area contributed by atoms with Crippen molar-refractivity contribution in [2.45, 2.75) is 25.7 Å². The average molecular weight is 408 g/mol. The molecule has 1 aromatic heterocycles. The Morgan fingerprint density at radius 3 is 2.36 bits per heavy atom. The molecule has 154 valence electrons. The fourth-order valence-corrected chi connectivity index (χ4v) is 4.15. The van der Waals surface area contributed by atoms with Gasteiger partial charge in [0.1, 0.15) is 5.56 Å². The third-order valence-electron chi connectivity index (χ3n) is 4.74. The van der Waals surface area contributed by atoms with Gasteiger partial charge in [-0.3, -0.25) is 13.8 Å². The van der Waals surface area contributed by atoms with Crippen molar-refractivity contribution in [3.63, 3.8) is 0 Å². The van der Waals surface area contributed by atoms with Crippen LogP contribution in [-0.2, 0) is 17.1 Å². The molecule has 0 saturated carbocycles. The molecule has 9 heteroatoms. The molecule has 8 nitrogen and oxygen atoms in total. The molecule has 0 aliphatic heterocycles. The first kappa shape index (κ1) is 21.9. The smallest absolute Gasteiger partial charge is 0.265 e. The van der Waals surface area contributed by atoms with Gasteiger partial charge < -0.3 is 10.2 Å². The van der Waals surface area contributed by atoms with E-state index in [1.54, 1.807) is 31.3 Å². The molecule has 0 atom stereocenters. The fraction of sp³-hybridized carbons (Fsp3) is 0.474. The van der Waals surface area contributed by atoms with Gasteiger partial charge in [0.05, 0.1) is 11.1 Å². The van der Waals surface area contributed by atoms with Crippen LogP contribution in [0.2, 0.25) is 0 Å². The zero-order chi connectivity index (χ0) is 20.9. The Morgan fingerprint density at radius 2 is 1.79 bits per heavy atom. The predicted molar refractivity (Wildman–Crippen MR) is 110 cm³/mol. The Bertz CT molecular complexity index is 902. The summed E-state index contributed by atoms with van der Waals surface area (Å²) in [5.74, 6) is -0.123. The molecule has 1 amide bonds. The standard InChI is InChI=1S/C19H29N5O3S/c1-6-24(7-2)13-12-20-18(25)17-14-21-22(4)19(17)23(5)28(26,27)16-10-8-15(3)9-11-16/h8-11,14H,6-7,12-13H2,1-5H3,(H,20,25). The number of sulfonamides is 1. The van der Waals surface area contributed by atoms with Crippen LogP contribution in [0.1, 0.15) is 29.8 Å². The molecule has 0 saturated heterocycles. The fourth-order valence-electron chi connectivity index (χ4n) is 2.91. The van der Waals surface area contributed by atoms with Crippen molar-refractivity contribution < 1.29 is 13.2 Å². The molecular formula is C19H29N5O3S. The summed E-state index contributed by atoms with van der Waals surface area (Å²) >= 11 is 0. The summed E-state index contributed by atoms with van der Waals surface area (Å²) < 4.78 is 28.5. The highest BCUT2D eigenvalue weighted by Crippen LogP contribution is 2.25. The summed E-state index contributed by atoms with van der Waals surface area (Å²) in [5, 5.41) is 6.94. The van der Waals surface area contributed by atoms with Crippen LogP contribution in [-0.4, -0.2) is 62.2 Å². The molecule has 0 unspecified atom stereocenters. The summed E-state index contributed by atoms with van der Waals surface area (Å²) in [6.45, 7) is 9.03.